The van der Waals surface area contributed by atoms with Gasteiger partial charge >= 0.3 is 6.18 Å². The molecule has 7 heteroatoms. The molecule has 0 unspecified atom stereocenters. The van der Waals surface area contributed by atoms with E-state index in [9.17, 15) is 22.8 Å². The molecule has 2 aromatic carbocycles. The Hall–Kier alpha value is -2.83. The smallest absolute Gasteiger partial charge is 0.324 e. The van der Waals surface area contributed by atoms with E-state index in [4.69, 9.17) is 0 Å². The van der Waals surface area contributed by atoms with Crippen LogP contribution in [-0.2, 0) is 11.0 Å². The van der Waals surface area contributed by atoms with Gasteiger partial charge in [-0.3, -0.25) is 14.5 Å². The monoisotopic (exact) mass is 390 g/mol. The predicted octanol–water partition coefficient (Wildman–Crippen LogP) is 4.55. The van der Waals surface area contributed by atoms with Gasteiger partial charge < -0.3 is 4.90 Å². The van der Waals surface area contributed by atoms with Crippen LogP contribution < -0.4 is 4.90 Å². The Balaban J connectivity index is 2.00. The van der Waals surface area contributed by atoms with Crippen molar-refractivity contribution in [2.45, 2.75) is 32.9 Å². The quantitative estimate of drug-likeness (QED) is 0.769. The zero-order valence-corrected chi connectivity index (χ0v) is 15.7. The molecule has 1 heterocycles. The molecule has 2 aromatic rings. The molecule has 0 N–H and O–H groups in total. The van der Waals surface area contributed by atoms with Crippen molar-refractivity contribution in [3.05, 3.63) is 64.7 Å². The second-order valence-electron chi connectivity index (χ2n) is 6.98. The molecule has 3 rings (SSSR count). The number of rotatable bonds is 4. The molecule has 1 aliphatic rings. The van der Waals surface area contributed by atoms with Crippen LogP contribution in [0.2, 0.25) is 0 Å². The standard InChI is InChI=1S/C21H21F3N2O2/c1-14-8-9-16(11-15(14)2)20(28)26(13-25-10-4-7-19(25)27)18-6-3-5-17(12-18)21(22,23)24/h3,5-6,8-9,11-12H,4,7,10,13H2,1-2H3. The SMILES string of the molecule is Cc1ccc(C(=O)N(CN2CCCC2=O)c2cccc(C(F)(F)F)c2)cc1C. The fourth-order valence-electron chi connectivity index (χ4n) is 3.17. The lowest BCUT2D eigenvalue weighted by molar-refractivity contribution is -0.137. The van der Waals surface area contributed by atoms with Crippen molar-refractivity contribution < 1.29 is 22.8 Å². The van der Waals surface area contributed by atoms with E-state index in [1.165, 1.54) is 21.9 Å². The summed E-state index contributed by atoms with van der Waals surface area (Å²) in [5, 5.41) is 0. The predicted molar refractivity (Wildman–Crippen MR) is 100.0 cm³/mol. The number of likely N-dealkylation sites (tertiary alicyclic amines) is 1. The maximum Gasteiger partial charge on any atom is 0.416 e. The summed E-state index contributed by atoms with van der Waals surface area (Å²) in [5.74, 6) is -0.549. The molecule has 28 heavy (non-hydrogen) atoms. The van der Waals surface area contributed by atoms with Crippen molar-refractivity contribution in [1.82, 2.24) is 4.90 Å². The number of amides is 2. The van der Waals surface area contributed by atoms with Crippen molar-refractivity contribution in [3.63, 3.8) is 0 Å². The number of halogens is 3. The second-order valence-corrected chi connectivity index (χ2v) is 6.98. The molecule has 0 radical (unpaired) electrons. The van der Waals surface area contributed by atoms with Crippen LogP contribution in [0.15, 0.2) is 42.5 Å². The molecule has 1 saturated heterocycles. The second kappa shape index (κ2) is 7.66. The van der Waals surface area contributed by atoms with Crippen LogP contribution in [0.5, 0.6) is 0 Å². The van der Waals surface area contributed by atoms with Crippen molar-refractivity contribution in [2.75, 3.05) is 18.1 Å². The van der Waals surface area contributed by atoms with Crippen molar-refractivity contribution >= 4 is 17.5 Å². The number of aryl methyl sites for hydroxylation is 2. The molecule has 1 fully saturated rings. The Morgan fingerprint density at radius 2 is 1.86 bits per heavy atom. The first-order chi connectivity index (χ1) is 13.2. The maximum atomic E-state index is 13.2. The van der Waals surface area contributed by atoms with Crippen molar-refractivity contribution in [1.29, 1.82) is 0 Å². The summed E-state index contributed by atoms with van der Waals surface area (Å²) >= 11 is 0. The van der Waals surface area contributed by atoms with Gasteiger partial charge in [-0.25, -0.2) is 0 Å². The lowest BCUT2D eigenvalue weighted by Gasteiger charge is -2.29. The first kappa shape index (κ1) is 19.9. The van der Waals surface area contributed by atoms with E-state index < -0.39 is 17.6 Å². The van der Waals surface area contributed by atoms with Crippen LogP contribution in [0.25, 0.3) is 0 Å². The van der Waals surface area contributed by atoms with E-state index in [1.807, 2.05) is 13.8 Å². The van der Waals surface area contributed by atoms with Gasteiger partial charge in [0.15, 0.2) is 0 Å². The number of carbonyl (C=O) groups excluding carboxylic acids is 2. The third kappa shape index (κ3) is 4.18. The highest BCUT2D eigenvalue weighted by atomic mass is 19.4. The molecule has 0 aliphatic carbocycles. The van der Waals surface area contributed by atoms with E-state index in [0.29, 0.717) is 24.9 Å². The number of nitrogens with zero attached hydrogens (tertiary/aromatic N) is 2. The van der Waals surface area contributed by atoms with Gasteiger partial charge in [0, 0.05) is 24.2 Å². The number of hydrogen-bond donors (Lipinski definition) is 0. The third-order valence-corrected chi connectivity index (χ3v) is 4.97. The summed E-state index contributed by atoms with van der Waals surface area (Å²) in [6, 6.07) is 9.79. The maximum absolute atomic E-state index is 13.2. The lowest BCUT2D eigenvalue weighted by atomic mass is 10.1. The van der Waals surface area contributed by atoms with Gasteiger partial charge in [0.05, 0.1) is 5.56 Å². The molecule has 0 spiro atoms. The molecule has 0 bridgehead atoms. The van der Waals surface area contributed by atoms with Gasteiger partial charge in [0.2, 0.25) is 5.91 Å². The summed E-state index contributed by atoms with van der Waals surface area (Å²) in [6.07, 6.45) is -3.46. The van der Waals surface area contributed by atoms with Crippen LogP contribution in [-0.4, -0.2) is 29.9 Å². The Bertz CT molecular complexity index is 909. The summed E-state index contributed by atoms with van der Waals surface area (Å²) in [7, 11) is 0. The average Bonchev–Trinajstić information content (AvgIpc) is 3.05. The molecule has 0 aromatic heterocycles. The summed E-state index contributed by atoms with van der Waals surface area (Å²) < 4.78 is 39.5. The van der Waals surface area contributed by atoms with Gasteiger partial charge in [-0.05, 0) is 61.7 Å². The topological polar surface area (TPSA) is 40.6 Å². The zero-order chi connectivity index (χ0) is 20.5. The Kier molecular flexibility index (Phi) is 5.45. The van der Waals surface area contributed by atoms with Crippen molar-refractivity contribution in [3.8, 4) is 0 Å². The highest BCUT2D eigenvalue weighted by Gasteiger charge is 2.32. The van der Waals surface area contributed by atoms with Crippen LogP contribution in [0.4, 0.5) is 18.9 Å². The minimum absolute atomic E-state index is 0.0775. The molecular formula is C21H21F3N2O2. The van der Waals surface area contributed by atoms with E-state index >= 15 is 0 Å². The van der Waals surface area contributed by atoms with E-state index in [1.54, 1.807) is 18.2 Å². The van der Waals surface area contributed by atoms with Crippen LogP contribution in [0.3, 0.4) is 0 Å². The normalized spacial score (nSPS) is 14.5. The molecular weight excluding hydrogens is 369 g/mol. The number of anilines is 1. The average molecular weight is 390 g/mol. The fourth-order valence-corrected chi connectivity index (χ4v) is 3.17. The third-order valence-electron chi connectivity index (χ3n) is 4.97. The number of alkyl halides is 3. The van der Waals surface area contributed by atoms with Crippen LogP contribution in [0, 0.1) is 13.8 Å². The van der Waals surface area contributed by atoms with Gasteiger partial charge in [0.1, 0.15) is 6.67 Å². The zero-order valence-electron chi connectivity index (χ0n) is 15.7. The number of carbonyl (C=O) groups is 2. The molecule has 4 nitrogen and oxygen atoms in total. The molecule has 1 aliphatic heterocycles. The van der Waals surface area contributed by atoms with Gasteiger partial charge in [-0.1, -0.05) is 12.1 Å². The Morgan fingerprint density at radius 1 is 1.11 bits per heavy atom. The van der Waals surface area contributed by atoms with Gasteiger partial charge in [0.25, 0.3) is 5.91 Å². The fraction of sp³-hybridized carbons (Fsp3) is 0.333. The Morgan fingerprint density at radius 3 is 2.46 bits per heavy atom. The molecule has 148 valence electrons. The molecule has 0 atom stereocenters. The van der Waals surface area contributed by atoms with Crippen molar-refractivity contribution in [2.24, 2.45) is 0 Å². The van der Waals surface area contributed by atoms with E-state index in [0.717, 1.165) is 23.3 Å². The summed E-state index contributed by atoms with van der Waals surface area (Å²) in [4.78, 5) is 27.9. The van der Waals surface area contributed by atoms with Gasteiger partial charge in [-0.2, -0.15) is 13.2 Å². The molecule has 0 saturated carbocycles. The molecule has 2 amide bonds. The van der Waals surface area contributed by atoms with E-state index in [2.05, 4.69) is 0 Å². The first-order valence-corrected chi connectivity index (χ1v) is 9.01. The Labute approximate surface area is 161 Å². The minimum Gasteiger partial charge on any atom is -0.324 e. The van der Waals surface area contributed by atoms with Crippen LogP contribution in [0.1, 0.15) is 39.9 Å². The highest BCUT2D eigenvalue weighted by molar-refractivity contribution is 6.06. The largest absolute Gasteiger partial charge is 0.416 e. The van der Waals surface area contributed by atoms with E-state index in [-0.39, 0.29) is 18.3 Å². The first-order valence-electron chi connectivity index (χ1n) is 9.01. The highest BCUT2D eigenvalue weighted by Crippen LogP contribution is 2.32. The number of hydrogen-bond acceptors (Lipinski definition) is 2. The lowest BCUT2D eigenvalue weighted by Crippen LogP contribution is -2.42. The summed E-state index contributed by atoms with van der Waals surface area (Å²) in [5.41, 5.74) is 1.56. The summed E-state index contributed by atoms with van der Waals surface area (Å²) in [6.45, 7) is 4.18. The van der Waals surface area contributed by atoms with Crippen LogP contribution >= 0.6 is 0 Å². The van der Waals surface area contributed by atoms with Gasteiger partial charge in [-0.15, -0.1) is 0 Å². The minimum atomic E-state index is -4.52. The number of benzene rings is 2.